The second kappa shape index (κ2) is 27.1. The number of benzene rings is 13. The van der Waals surface area contributed by atoms with E-state index in [2.05, 4.69) is 319 Å². The minimum atomic E-state index is -0.0646. The van der Waals surface area contributed by atoms with Gasteiger partial charge in [-0.3, -0.25) is 0 Å². The predicted molar refractivity (Wildman–Crippen MR) is 416 cm³/mol. The molecule has 0 amide bonds. The summed E-state index contributed by atoms with van der Waals surface area (Å²) in [5, 5.41) is 0. The Morgan fingerprint density at radius 3 is 1.21 bits per heavy atom. The summed E-state index contributed by atoms with van der Waals surface area (Å²) >= 11 is 0. The molecular weight excluding hydrogens is 1240 g/mol. The molecule has 5 aliphatic heterocycles. The van der Waals surface area contributed by atoms with Crippen molar-refractivity contribution in [3.63, 3.8) is 0 Å². The summed E-state index contributed by atoms with van der Waals surface area (Å²) in [6.07, 6.45) is 0. The number of hydrogen-bond acceptors (Lipinski definition) is 6. The van der Waals surface area contributed by atoms with Crippen LogP contribution in [0, 0.1) is 34.6 Å². The Morgan fingerprint density at radius 1 is 0.228 bits per heavy atom. The van der Waals surface area contributed by atoms with Crippen LogP contribution in [0.2, 0.25) is 0 Å². The molecule has 0 N–H and O–H groups in total. The molecule has 0 unspecified atom stereocenters. The maximum atomic E-state index is 6.33. The van der Waals surface area contributed by atoms with Crippen LogP contribution in [0.4, 0.5) is 17.1 Å². The van der Waals surface area contributed by atoms with Crippen LogP contribution < -0.4 is 28.6 Å². The standard InChI is InChI=1S/C25H19NO.C22H20O.3C16H16O/c1-18-11-16-23-25(17-18)27-24-10-6-5-9-22(24)26(23)21-14-12-20(13-15-21)19-7-3-2-4-8-19;1-15-11-13-16(14-12-15)17-7-6-9-19-21(17)23-20-10-5-4-8-18(20)22(19,2)3;1-11-7-6-9-13-15(11)17-14-10-5-4-8-12(14)16(13,2)3;1-11-8-9-15-13(10-11)16(2,3)12-6-4-5-7-14(12)17-15;1-11-8-9-13-15(10-11)17-14-7-5-4-6-12(14)16(13,2)3/h2-17H,1H3;4-14H,1-3H3;3*4-10H,1-3H3. The van der Waals surface area contributed by atoms with E-state index in [1.165, 1.54) is 89.0 Å². The Balaban J connectivity index is 0.000000109. The van der Waals surface area contributed by atoms with Crippen molar-refractivity contribution in [1.82, 2.24) is 0 Å². The van der Waals surface area contributed by atoms with Crippen molar-refractivity contribution in [3.8, 4) is 79.7 Å². The molecule has 6 heteroatoms. The lowest BCUT2D eigenvalue weighted by Crippen LogP contribution is -2.24. The molecular formula is C95H87NO5. The maximum Gasteiger partial charge on any atom is 0.151 e. The topological polar surface area (TPSA) is 49.4 Å². The first-order valence-electron chi connectivity index (χ1n) is 35.1. The summed E-state index contributed by atoms with van der Waals surface area (Å²) in [5.41, 5.74) is 24.3. The second-order valence-corrected chi connectivity index (χ2v) is 29.2. The molecule has 5 heterocycles. The summed E-state index contributed by atoms with van der Waals surface area (Å²) in [6.45, 7) is 28.6. The first-order valence-corrected chi connectivity index (χ1v) is 35.1. The molecule has 13 aromatic carbocycles. The van der Waals surface area contributed by atoms with E-state index >= 15 is 0 Å². The van der Waals surface area contributed by atoms with Crippen molar-refractivity contribution in [2.24, 2.45) is 0 Å². The zero-order chi connectivity index (χ0) is 70.4. The van der Waals surface area contributed by atoms with Gasteiger partial charge in [0.1, 0.15) is 46.0 Å². The van der Waals surface area contributed by atoms with Gasteiger partial charge in [-0.15, -0.1) is 0 Å². The summed E-state index contributed by atoms with van der Waals surface area (Å²) < 4.78 is 30.5. The Morgan fingerprint density at radius 2 is 0.604 bits per heavy atom. The lowest BCUT2D eigenvalue weighted by Gasteiger charge is -2.35. The van der Waals surface area contributed by atoms with E-state index in [0.717, 1.165) is 80.1 Å². The monoisotopic (exact) mass is 1320 g/mol. The maximum absolute atomic E-state index is 6.33. The van der Waals surface area contributed by atoms with E-state index in [-0.39, 0.29) is 21.7 Å². The molecule has 0 aromatic heterocycles. The molecule has 5 aliphatic rings. The van der Waals surface area contributed by atoms with Gasteiger partial charge in [-0.2, -0.15) is 0 Å². The zero-order valence-corrected chi connectivity index (χ0v) is 60.2. The van der Waals surface area contributed by atoms with Gasteiger partial charge in [0.05, 0.1) is 11.4 Å². The van der Waals surface area contributed by atoms with Gasteiger partial charge < -0.3 is 28.6 Å². The predicted octanol–water partition coefficient (Wildman–Crippen LogP) is 26.6. The number of aryl methyl sites for hydroxylation is 5. The van der Waals surface area contributed by atoms with E-state index in [1.807, 2.05) is 66.7 Å². The largest absolute Gasteiger partial charge is 0.457 e. The summed E-state index contributed by atoms with van der Waals surface area (Å²) in [7, 11) is 0. The quantitative estimate of drug-likeness (QED) is 0.176. The molecule has 6 nitrogen and oxygen atoms in total. The number of fused-ring (bicyclic) bond motifs is 10. The molecule has 101 heavy (non-hydrogen) atoms. The highest BCUT2D eigenvalue weighted by Crippen LogP contribution is 2.55. The van der Waals surface area contributed by atoms with Gasteiger partial charge in [0.25, 0.3) is 0 Å². The molecule has 0 saturated heterocycles. The van der Waals surface area contributed by atoms with Crippen LogP contribution in [0.25, 0.3) is 22.3 Å². The van der Waals surface area contributed by atoms with E-state index in [1.54, 1.807) is 0 Å². The normalized spacial score (nSPS) is 14.5. The minimum Gasteiger partial charge on any atom is -0.457 e. The number of anilines is 3. The molecule has 502 valence electrons. The van der Waals surface area contributed by atoms with E-state index < -0.39 is 0 Å². The number of nitrogens with zero attached hydrogens (tertiary/aromatic N) is 1. The Kier molecular flexibility index (Phi) is 17.9. The van der Waals surface area contributed by atoms with Crippen LogP contribution in [0.1, 0.15) is 128 Å². The fourth-order valence-electron chi connectivity index (χ4n) is 14.7. The molecule has 18 rings (SSSR count). The third-order valence-electron chi connectivity index (χ3n) is 20.6. The number of ether oxygens (including phenoxy) is 5. The molecule has 0 bridgehead atoms. The SMILES string of the molecule is Cc1ccc(-c2cccc3c2Oc2ccccc2C3(C)C)cc1.Cc1ccc2c(c1)C(C)(C)c1ccccc1O2.Cc1ccc2c(c1)Oc1ccccc1C2(C)C.Cc1ccc2c(c1)Oc1ccccc1N2c1ccc(-c2ccccc2)cc1.Cc1cccc2c1Oc1ccccc1C2(C)C. The third kappa shape index (κ3) is 13.0. The molecule has 0 radical (unpaired) electrons. The molecule has 13 aromatic rings. The fourth-order valence-corrected chi connectivity index (χ4v) is 14.7. The van der Waals surface area contributed by atoms with Gasteiger partial charge in [-0.25, -0.2) is 0 Å². The van der Waals surface area contributed by atoms with Crippen LogP contribution >= 0.6 is 0 Å². The smallest absolute Gasteiger partial charge is 0.151 e. The lowest BCUT2D eigenvalue weighted by molar-refractivity contribution is 0.415. The second-order valence-electron chi connectivity index (χ2n) is 29.2. The van der Waals surface area contributed by atoms with Gasteiger partial charge >= 0.3 is 0 Å². The first-order chi connectivity index (χ1) is 48.6. The Bertz CT molecular complexity index is 5190. The van der Waals surface area contributed by atoms with Crippen molar-refractivity contribution >= 4 is 17.1 Å². The van der Waals surface area contributed by atoms with Crippen LogP contribution in [-0.4, -0.2) is 0 Å². The van der Waals surface area contributed by atoms with Gasteiger partial charge in [-0.1, -0.05) is 285 Å². The number of para-hydroxylation sites is 8. The minimum absolute atomic E-state index is 0.0101. The number of rotatable bonds is 3. The highest BCUT2D eigenvalue weighted by Gasteiger charge is 2.38. The van der Waals surface area contributed by atoms with E-state index in [9.17, 15) is 0 Å². The van der Waals surface area contributed by atoms with Crippen molar-refractivity contribution < 1.29 is 23.7 Å². The molecule has 0 fully saturated rings. The van der Waals surface area contributed by atoms with Gasteiger partial charge in [0.15, 0.2) is 11.5 Å². The van der Waals surface area contributed by atoms with E-state index in [0.29, 0.717) is 0 Å². The van der Waals surface area contributed by atoms with Crippen molar-refractivity contribution in [2.45, 2.75) is 112 Å². The summed E-state index contributed by atoms with van der Waals surface area (Å²) in [4.78, 5) is 2.27. The fraction of sp³-hybridized carbons (Fsp3) is 0.179. The van der Waals surface area contributed by atoms with Crippen molar-refractivity contribution in [2.75, 3.05) is 4.90 Å². The van der Waals surface area contributed by atoms with Gasteiger partial charge in [0.2, 0.25) is 0 Å². The van der Waals surface area contributed by atoms with Crippen molar-refractivity contribution in [1.29, 1.82) is 0 Å². The number of hydrogen-bond donors (Lipinski definition) is 0. The zero-order valence-electron chi connectivity index (χ0n) is 60.2. The van der Waals surface area contributed by atoms with Crippen LogP contribution in [0.3, 0.4) is 0 Å². The highest BCUT2D eigenvalue weighted by atomic mass is 16.5. The Labute approximate surface area is 597 Å². The summed E-state index contributed by atoms with van der Waals surface area (Å²) in [5.74, 6) is 9.67. The average molecular weight is 1320 g/mol. The van der Waals surface area contributed by atoms with Crippen LogP contribution in [0.15, 0.2) is 291 Å². The molecule has 0 atom stereocenters. The molecule has 0 aliphatic carbocycles. The molecule has 0 spiro atoms. The molecule has 0 saturated carbocycles. The lowest BCUT2D eigenvalue weighted by atomic mass is 9.75. The van der Waals surface area contributed by atoms with Crippen molar-refractivity contribution in [3.05, 3.63) is 364 Å². The van der Waals surface area contributed by atoms with Crippen LogP contribution in [-0.2, 0) is 21.7 Å². The third-order valence-corrected chi connectivity index (χ3v) is 20.6. The summed E-state index contributed by atoms with van der Waals surface area (Å²) in [6, 6.07) is 101. The van der Waals surface area contributed by atoms with Gasteiger partial charge in [-0.05, 0) is 141 Å². The average Bonchev–Trinajstić information content (AvgIpc) is 0.878. The van der Waals surface area contributed by atoms with E-state index in [4.69, 9.17) is 23.7 Å². The Hall–Kier alpha value is -11.3. The first kappa shape index (κ1) is 66.9. The van der Waals surface area contributed by atoms with Gasteiger partial charge in [0, 0.05) is 77.4 Å². The van der Waals surface area contributed by atoms with Crippen LogP contribution in [0.5, 0.6) is 57.5 Å². The highest BCUT2D eigenvalue weighted by molar-refractivity contribution is 5.87.